The summed E-state index contributed by atoms with van der Waals surface area (Å²) in [6.45, 7) is 9.73. The van der Waals surface area contributed by atoms with E-state index < -0.39 is 0 Å². The molecule has 0 saturated carbocycles. The molecule has 0 N–H and O–H groups in total. The van der Waals surface area contributed by atoms with Gasteiger partial charge < -0.3 is 9.47 Å². The molecule has 4 heterocycles. The van der Waals surface area contributed by atoms with Crippen LogP contribution in [0.4, 0.5) is 5.69 Å². The zero-order valence-corrected chi connectivity index (χ0v) is 17.6. The van der Waals surface area contributed by atoms with Crippen molar-refractivity contribution in [2.75, 3.05) is 24.5 Å². The first-order chi connectivity index (χ1) is 14.2. The van der Waals surface area contributed by atoms with E-state index in [1.165, 1.54) is 49.1 Å². The summed E-state index contributed by atoms with van der Waals surface area (Å²) in [5.74, 6) is 1.21. The van der Waals surface area contributed by atoms with Gasteiger partial charge in [-0.05, 0) is 58.2 Å². The van der Waals surface area contributed by atoms with E-state index in [1.807, 2.05) is 6.20 Å². The van der Waals surface area contributed by atoms with E-state index in [0.717, 1.165) is 37.4 Å². The number of fused-ring (bicyclic) bond motifs is 1. The largest absolute Gasteiger partial charge is 0.371 e. The molecule has 0 amide bonds. The van der Waals surface area contributed by atoms with Crippen LogP contribution in [-0.4, -0.2) is 44.6 Å². The van der Waals surface area contributed by atoms with Gasteiger partial charge in [-0.2, -0.15) is 0 Å². The minimum absolute atomic E-state index is 0.346. The number of aromatic nitrogens is 3. The molecule has 0 atom stereocenters. The van der Waals surface area contributed by atoms with Crippen LogP contribution in [0.3, 0.4) is 0 Å². The van der Waals surface area contributed by atoms with Gasteiger partial charge in [0.05, 0.1) is 12.1 Å². The average molecular weight is 390 g/mol. The fourth-order valence-electron chi connectivity index (χ4n) is 5.47. The highest BCUT2D eigenvalue weighted by molar-refractivity contribution is 5.92. The number of imidazole rings is 1. The quantitative estimate of drug-likeness (QED) is 0.663. The lowest BCUT2D eigenvalue weighted by Gasteiger charge is -2.46. The van der Waals surface area contributed by atoms with E-state index in [-0.39, 0.29) is 0 Å². The third-order valence-corrected chi connectivity index (χ3v) is 7.07. The molecule has 0 radical (unpaired) electrons. The lowest BCUT2D eigenvalue weighted by Crippen LogP contribution is -2.52. The molecule has 0 unspecified atom stereocenters. The van der Waals surface area contributed by atoms with Crippen LogP contribution >= 0.6 is 0 Å². The van der Waals surface area contributed by atoms with Gasteiger partial charge in [-0.25, -0.2) is 4.98 Å². The Hall–Kier alpha value is -2.40. The van der Waals surface area contributed by atoms with Gasteiger partial charge in [0, 0.05) is 54.3 Å². The predicted molar refractivity (Wildman–Crippen MR) is 118 cm³/mol. The number of aryl methyl sites for hydroxylation is 2. The Morgan fingerprint density at radius 1 is 1.07 bits per heavy atom. The summed E-state index contributed by atoms with van der Waals surface area (Å²) >= 11 is 0. The third kappa shape index (κ3) is 3.31. The summed E-state index contributed by atoms with van der Waals surface area (Å²) in [6, 6.07) is 10.8. The van der Waals surface area contributed by atoms with Crippen LogP contribution in [0.25, 0.3) is 10.9 Å². The van der Waals surface area contributed by atoms with Crippen LogP contribution in [0.1, 0.15) is 44.1 Å². The van der Waals surface area contributed by atoms with Gasteiger partial charge in [0.15, 0.2) is 0 Å². The maximum absolute atomic E-state index is 4.73. The molecular formula is C24H31N5. The molecule has 2 fully saturated rings. The molecule has 1 spiro atoms. The minimum atomic E-state index is 0.346. The van der Waals surface area contributed by atoms with Gasteiger partial charge in [0.1, 0.15) is 5.82 Å². The van der Waals surface area contributed by atoms with Gasteiger partial charge >= 0.3 is 0 Å². The normalized spacial score (nSPS) is 19.4. The monoisotopic (exact) mass is 389 g/mol. The lowest BCUT2D eigenvalue weighted by atomic mass is 9.84. The standard InChI is InChI=1S/C24H31N5/c1-3-27-16-12-25-23(27)18-29-13-6-9-24(29)10-14-28(15-11-24)22-17-19(2)26-21-8-5-4-7-20(21)22/h4-5,7-8,12,16-17H,3,6,9-11,13-15,18H2,1-2H3. The van der Waals surface area contributed by atoms with E-state index in [9.17, 15) is 0 Å². The Labute approximate surface area is 173 Å². The van der Waals surface area contributed by atoms with Crippen molar-refractivity contribution in [1.29, 1.82) is 0 Å². The molecule has 0 bridgehead atoms. The summed E-state index contributed by atoms with van der Waals surface area (Å²) in [7, 11) is 0. The molecule has 5 nitrogen and oxygen atoms in total. The summed E-state index contributed by atoms with van der Waals surface area (Å²) in [5, 5.41) is 1.28. The highest BCUT2D eigenvalue weighted by atomic mass is 15.3. The zero-order valence-electron chi connectivity index (χ0n) is 17.6. The van der Waals surface area contributed by atoms with Crippen molar-refractivity contribution in [1.82, 2.24) is 19.4 Å². The maximum Gasteiger partial charge on any atom is 0.122 e. The van der Waals surface area contributed by atoms with Crippen molar-refractivity contribution in [2.24, 2.45) is 0 Å². The van der Waals surface area contributed by atoms with E-state index in [4.69, 9.17) is 4.98 Å². The minimum Gasteiger partial charge on any atom is -0.371 e. The first-order valence-electron chi connectivity index (χ1n) is 11.0. The molecule has 1 aromatic carbocycles. The van der Waals surface area contributed by atoms with Crippen molar-refractivity contribution in [3.63, 3.8) is 0 Å². The van der Waals surface area contributed by atoms with Crippen molar-refractivity contribution >= 4 is 16.6 Å². The van der Waals surface area contributed by atoms with Crippen LogP contribution in [0.2, 0.25) is 0 Å². The fraction of sp³-hybridized carbons (Fsp3) is 0.500. The van der Waals surface area contributed by atoms with Gasteiger partial charge in [-0.15, -0.1) is 0 Å². The number of likely N-dealkylation sites (tertiary alicyclic amines) is 1. The van der Waals surface area contributed by atoms with E-state index in [2.05, 4.69) is 69.7 Å². The molecule has 0 aliphatic carbocycles. The van der Waals surface area contributed by atoms with Crippen molar-refractivity contribution in [2.45, 2.75) is 58.2 Å². The number of para-hydroxylation sites is 1. The Morgan fingerprint density at radius 2 is 1.90 bits per heavy atom. The number of anilines is 1. The maximum atomic E-state index is 4.73. The fourth-order valence-corrected chi connectivity index (χ4v) is 5.47. The van der Waals surface area contributed by atoms with Crippen molar-refractivity contribution in [3.8, 4) is 0 Å². The number of hydrogen-bond donors (Lipinski definition) is 0. The van der Waals surface area contributed by atoms with Crippen molar-refractivity contribution < 1.29 is 0 Å². The second-order valence-corrected chi connectivity index (χ2v) is 8.67. The number of pyridine rings is 1. The molecule has 2 aliphatic heterocycles. The molecule has 5 rings (SSSR count). The summed E-state index contributed by atoms with van der Waals surface area (Å²) < 4.78 is 2.28. The summed E-state index contributed by atoms with van der Waals surface area (Å²) in [5.41, 5.74) is 3.91. The van der Waals surface area contributed by atoms with E-state index >= 15 is 0 Å². The van der Waals surface area contributed by atoms with Crippen LogP contribution in [0.5, 0.6) is 0 Å². The Bertz CT molecular complexity index is 999. The first-order valence-corrected chi connectivity index (χ1v) is 11.0. The highest BCUT2D eigenvalue weighted by Gasteiger charge is 2.43. The lowest BCUT2D eigenvalue weighted by molar-refractivity contribution is 0.0959. The van der Waals surface area contributed by atoms with Gasteiger partial charge in [0.25, 0.3) is 0 Å². The van der Waals surface area contributed by atoms with Gasteiger partial charge in [-0.3, -0.25) is 9.88 Å². The third-order valence-electron chi connectivity index (χ3n) is 7.07. The molecule has 2 saturated heterocycles. The number of benzene rings is 1. The Morgan fingerprint density at radius 3 is 2.72 bits per heavy atom. The topological polar surface area (TPSA) is 37.2 Å². The summed E-state index contributed by atoms with van der Waals surface area (Å²) in [4.78, 5) is 14.7. The Balaban J connectivity index is 1.36. The number of rotatable bonds is 4. The van der Waals surface area contributed by atoms with Crippen LogP contribution in [-0.2, 0) is 13.1 Å². The van der Waals surface area contributed by atoms with Crippen LogP contribution in [0.15, 0.2) is 42.7 Å². The van der Waals surface area contributed by atoms with E-state index in [0.29, 0.717) is 5.54 Å². The average Bonchev–Trinajstić information content (AvgIpc) is 3.35. The molecule has 3 aromatic rings. The summed E-state index contributed by atoms with van der Waals surface area (Å²) in [6.07, 6.45) is 9.15. The molecule has 2 aromatic heterocycles. The molecular weight excluding hydrogens is 358 g/mol. The first kappa shape index (κ1) is 18.6. The SMILES string of the molecule is CCn1ccnc1CN1CCCC12CCN(c1cc(C)nc3ccccc13)CC2. The van der Waals surface area contributed by atoms with Gasteiger partial charge in [-0.1, -0.05) is 18.2 Å². The van der Waals surface area contributed by atoms with Crippen LogP contribution in [0, 0.1) is 6.92 Å². The van der Waals surface area contributed by atoms with Crippen LogP contribution < -0.4 is 4.90 Å². The number of hydrogen-bond acceptors (Lipinski definition) is 4. The smallest absolute Gasteiger partial charge is 0.122 e. The molecule has 29 heavy (non-hydrogen) atoms. The highest BCUT2D eigenvalue weighted by Crippen LogP contribution is 2.41. The molecule has 2 aliphatic rings. The van der Waals surface area contributed by atoms with E-state index in [1.54, 1.807) is 0 Å². The number of nitrogens with zero attached hydrogens (tertiary/aromatic N) is 5. The second kappa shape index (κ2) is 7.45. The zero-order chi connectivity index (χ0) is 19.8. The Kier molecular flexibility index (Phi) is 4.78. The predicted octanol–water partition coefficient (Wildman–Crippen LogP) is 4.39. The van der Waals surface area contributed by atoms with Crippen molar-refractivity contribution in [3.05, 3.63) is 54.2 Å². The second-order valence-electron chi connectivity index (χ2n) is 8.67. The van der Waals surface area contributed by atoms with Gasteiger partial charge in [0.2, 0.25) is 0 Å². The molecule has 152 valence electrons. The number of piperidine rings is 1. The molecule has 5 heteroatoms.